The first-order chi connectivity index (χ1) is 10.7. The number of likely N-dealkylation sites (tertiary alicyclic amines) is 1. The highest BCUT2D eigenvalue weighted by Crippen LogP contribution is 2.38. The topological polar surface area (TPSA) is 46.6 Å². The zero-order valence-corrected chi connectivity index (χ0v) is 12.8. The Morgan fingerprint density at radius 1 is 1.27 bits per heavy atom. The van der Waals surface area contributed by atoms with E-state index in [4.69, 9.17) is 4.74 Å². The number of Topliss-reactive ketones (excluding diaryl/α,β-unsaturated/α-hetero) is 1. The van der Waals surface area contributed by atoms with Gasteiger partial charge >= 0.3 is 0 Å². The third-order valence-electron chi connectivity index (χ3n) is 4.37. The minimum absolute atomic E-state index is 0.0213. The van der Waals surface area contributed by atoms with Crippen molar-refractivity contribution in [1.29, 1.82) is 0 Å². The van der Waals surface area contributed by atoms with E-state index in [0.717, 1.165) is 0 Å². The van der Waals surface area contributed by atoms with Crippen LogP contribution in [0, 0.1) is 0 Å². The standard InChI is InChI=1S/C17H15NO3S/c19-14-9-17(21-15-4-2-1-3-13(14)15)6-7-18(11-17)16(20)12-5-8-22-10-12/h1-5,8,10H,6-7,9,11H2/t17-/m0/s1. The molecule has 1 spiro atoms. The van der Waals surface area contributed by atoms with Gasteiger partial charge in [-0.05, 0) is 23.6 Å². The van der Waals surface area contributed by atoms with Crippen LogP contribution in [-0.4, -0.2) is 35.3 Å². The summed E-state index contributed by atoms with van der Waals surface area (Å²) in [5.74, 6) is 0.767. The highest BCUT2D eigenvalue weighted by atomic mass is 32.1. The van der Waals surface area contributed by atoms with Crippen molar-refractivity contribution in [1.82, 2.24) is 4.90 Å². The number of ketones is 1. The van der Waals surface area contributed by atoms with E-state index in [2.05, 4.69) is 0 Å². The van der Waals surface area contributed by atoms with Crippen LogP contribution >= 0.6 is 11.3 Å². The summed E-state index contributed by atoms with van der Waals surface area (Å²) in [7, 11) is 0. The third-order valence-corrected chi connectivity index (χ3v) is 5.05. The first-order valence-corrected chi connectivity index (χ1v) is 8.24. The van der Waals surface area contributed by atoms with E-state index < -0.39 is 5.60 Å². The number of rotatable bonds is 1. The maximum Gasteiger partial charge on any atom is 0.254 e. The molecule has 22 heavy (non-hydrogen) atoms. The summed E-state index contributed by atoms with van der Waals surface area (Å²) < 4.78 is 6.14. The lowest BCUT2D eigenvalue weighted by Crippen LogP contribution is -2.45. The number of carbonyl (C=O) groups is 2. The number of para-hydroxylation sites is 1. The van der Waals surface area contributed by atoms with Crippen molar-refractivity contribution >= 4 is 23.0 Å². The Morgan fingerprint density at radius 2 is 2.14 bits per heavy atom. The highest BCUT2D eigenvalue weighted by molar-refractivity contribution is 7.08. The average molecular weight is 313 g/mol. The van der Waals surface area contributed by atoms with Crippen LogP contribution in [0.15, 0.2) is 41.1 Å². The van der Waals surface area contributed by atoms with Crippen LogP contribution in [0.2, 0.25) is 0 Å². The second-order valence-electron chi connectivity index (χ2n) is 5.87. The van der Waals surface area contributed by atoms with E-state index in [0.29, 0.717) is 42.8 Å². The molecule has 0 aliphatic carbocycles. The van der Waals surface area contributed by atoms with Gasteiger partial charge in [0, 0.05) is 18.3 Å². The third kappa shape index (κ3) is 2.13. The van der Waals surface area contributed by atoms with Crippen molar-refractivity contribution < 1.29 is 14.3 Å². The number of hydrogen-bond acceptors (Lipinski definition) is 4. The number of carbonyl (C=O) groups excluding carboxylic acids is 2. The van der Waals surface area contributed by atoms with E-state index in [1.165, 1.54) is 11.3 Å². The van der Waals surface area contributed by atoms with E-state index in [-0.39, 0.29) is 11.7 Å². The zero-order valence-electron chi connectivity index (χ0n) is 12.0. The maximum atomic E-state index is 12.5. The molecule has 1 atom stereocenters. The summed E-state index contributed by atoms with van der Waals surface area (Å²) in [4.78, 5) is 26.6. The van der Waals surface area contributed by atoms with Gasteiger partial charge in [0.25, 0.3) is 5.91 Å². The fourth-order valence-electron chi connectivity index (χ4n) is 3.26. The van der Waals surface area contributed by atoms with Gasteiger partial charge in [-0.1, -0.05) is 12.1 Å². The Kier molecular flexibility index (Phi) is 3.04. The normalized spacial score (nSPS) is 23.5. The Morgan fingerprint density at radius 3 is 2.95 bits per heavy atom. The van der Waals surface area contributed by atoms with Crippen molar-refractivity contribution in [3.05, 3.63) is 52.2 Å². The van der Waals surface area contributed by atoms with Gasteiger partial charge in [0.2, 0.25) is 0 Å². The van der Waals surface area contributed by atoms with Gasteiger partial charge in [-0.3, -0.25) is 9.59 Å². The van der Waals surface area contributed by atoms with Gasteiger partial charge in [-0.15, -0.1) is 0 Å². The molecule has 1 amide bonds. The Labute approximate surface area is 132 Å². The van der Waals surface area contributed by atoms with Gasteiger partial charge in [0.05, 0.1) is 24.1 Å². The first-order valence-electron chi connectivity index (χ1n) is 7.30. The summed E-state index contributed by atoms with van der Waals surface area (Å²) in [5, 5.41) is 3.76. The zero-order chi connectivity index (χ0) is 15.2. The van der Waals surface area contributed by atoms with Crippen molar-refractivity contribution in [2.45, 2.75) is 18.4 Å². The molecule has 0 unspecified atom stereocenters. The predicted molar refractivity (Wildman–Crippen MR) is 83.6 cm³/mol. The van der Waals surface area contributed by atoms with Gasteiger partial charge in [-0.2, -0.15) is 11.3 Å². The summed E-state index contributed by atoms with van der Waals surface area (Å²) in [6.07, 6.45) is 1.04. The summed E-state index contributed by atoms with van der Waals surface area (Å²) >= 11 is 1.51. The molecule has 1 saturated heterocycles. The van der Waals surface area contributed by atoms with Crippen LogP contribution in [0.25, 0.3) is 0 Å². The molecule has 0 radical (unpaired) electrons. The van der Waals surface area contributed by atoms with Crippen molar-refractivity contribution in [3.8, 4) is 5.75 Å². The molecule has 0 bridgehead atoms. The van der Waals surface area contributed by atoms with Gasteiger partial charge in [-0.25, -0.2) is 0 Å². The van der Waals surface area contributed by atoms with Crippen molar-refractivity contribution in [2.24, 2.45) is 0 Å². The first kappa shape index (κ1) is 13.5. The van der Waals surface area contributed by atoms with E-state index in [1.54, 1.807) is 11.0 Å². The largest absolute Gasteiger partial charge is 0.484 e. The molecule has 1 fully saturated rings. The van der Waals surface area contributed by atoms with Crippen LogP contribution < -0.4 is 4.74 Å². The minimum atomic E-state index is -0.558. The van der Waals surface area contributed by atoms with E-state index in [1.807, 2.05) is 35.0 Å². The fraction of sp³-hybridized carbons (Fsp3) is 0.294. The molecule has 112 valence electrons. The molecule has 1 aromatic carbocycles. The molecule has 2 aromatic rings. The second-order valence-corrected chi connectivity index (χ2v) is 6.65. The quantitative estimate of drug-likeness (QED) is 0.813. The number of nitrogens with zero attached hydrogens (tertiary/aromatic N) is 1. The van der Waals surface area contributed by atoms with Crippen LogP contribution in [0.3, 0.4) is 0 Å². The lowest BCUT2D eigenvalue weighted by atomic mass is 9.89. The summed E-state index contributed by atoms with van der Waals surface area (Å²) in [6, 6.07) is 9.18. The number of hydrogen-bond donors (Lipinski definition) is 0. The molecular formula is C17H15NO3S. The number of benzene rings is 1. The van der Waals surface area contributed by atoms with Crippen LogP contribution in [-0.2, 0) is 0 Å². The average Bonchev–Trinajstić information content (AvgIpc) is 3.17. The molecule has 0 N–H and O–H groups in total. The van der Waals surface area contributed by atoms with E-state index >= 15 is 0 Å². The minimum Gasteiger partial charge on any atom is -0.484 e. The van der Waals surface area contributed by atoms with Crippen LogP contribution in [0.4, 0.5) is 0 Å². The Bertz CT molecular complexity index is 740. The lowest BCUT2D eigenvalue weighted by molar-refractivity contribution is 0.0428. The monoisotopic (exact) mass is 313 g/mol. The summed E-state index contributed by atoms with van der Waals surface area (Å²) in [6.45, 7) is 1.10. The SMILES string of the molecule is O=C1C[C@]2(CCN(C(=O)c3ccsc3)C2)Oc2ccccc21. The van der Waals surface area contributed by atoms with Gasteiger partial charge < -0.3 is 9.64 Å². The molecule has 4 nitrogen and oxygen atoms in total. The van der Waals surface area contributed by atoms with Crippen LogP contribution in [0.1, 0.15) is 33.6 Å². The smallest absolute Gasteiger partial charge is 0.254 e. The molecule has 1 aromatic heterocycles. The molecule has 5 heteroatoms. The molecular weight excluding hydrogens is 298 g/mol. The molecule has 2 aliphatic heterocycles. The summed E-state index contributed by atoms with van der Waals surface area (Å²) in [5.41, 5.74) is 0.803. The molecule has 2 aliphatic rings. The molecule has 4 rings (SSSR count). The number of ether oxygens (including phenoxy) is 1. The molecule has 3 heterocycles. The number of thiophene rings is 1. The van der Waals surface area contributed by atoms with Gasteiger partial charge in [0.1, 0.15) is 11.4 Å². The number of fused-ring (bicyclic) bond motifs is 1. The Balaban J connectivity index is 1.58. The highest BCUT2D eigenvalue weighted by Gasteiger charge is 2.46. The molecule has 0 saturated carbocycles. The van der Waals surface area contributed by atoms with Gasteiger partial charge in [0.15, 0.2) is 5.78 Å². The van der Waals surface area contributed by atoms with Crippen LogP contribution in [0.5, 0.6) is 5.75 Å². The maximum absolute atomic E-state index is 12.5. The fourth-order valence-corrected chi connectivity index (χ4v) is 3.89. The number of amides is 1. The van der Waals surface area contributed by atoms with E-state index in [9.17, 15) is 9.59 Å². The van der Waals surface area contributed by atoms with Crippen molar-refractivity contribution in [3.63, 3.8) is 0 Å². The predicted octanol–water partition coefficient (Wildman–Crippen LogP) is 3.00. The lowest BCUT2D eigenvalue weighted by Gasteiger charge is -2.34. The van der Waals surface area contributed by atoms with Crippen molar-refractivity contribution in [2.75, 3.05) is 13.1 Å². The Hall–Kier alpha value is -2.14. The second kappa shape index (κ2) is 4.95.